The number of carbonyl (C=O) groups excluding carboxylic acids is 1. The summed E-state index contributed by atoms with van der Waals surface area (Å²) in [6.45, 7) is 0. The third-order valence-corrected chi connectivity index (χ3v) is 3.98. The van der Waals surface area contributed by atoms with Crippen LogP contribution in [-0.2, 0) is 0 Å². The van der Waals surface area contributed by atoms with Crippen LogP contribution in [0.25, 0.3) is 11.3 Å². The van der Waals surface area contributed by atoms with E-state index in [9.17, 15) is 9.18 Å². The van der Waals surface area contributed by atoms with E-state index in [4.69, 9.17) is 25.5 Å². The molecule has 1 amide bonds. The Morgan fingerprint density at radius 2 is 1.88 bits per heavy atom. The standard InChI is InChI=1S/C19H15ClFNO4/c1-24-12-4-6-17(25-2)15(10-12)22-19(23)18-8-7-16(26-18)11-3-5-14(21)13(20)9-11/h3-10H,1-2H3,(H,22,23). The maximum absolute atomic E-state index is 13.3. The van der Waals surface area contributed by atoms with Gasteiger partial charge in [0, 0.05) is 11.6 Å². The van der Waals surface area contributed by atoms with Crippen molar-refractivity contribution >= 4 is 23.2 Å². The Bertz CT molecular complexity index is 954. The first-order valence-corrected chi connectivity index (χ1v) is 7.98. The molecule has 7 heteroatoms. The van der Waals surface area contributed by atoms with Crippen LogP contribution in [0.3, 0.4) is 0 Å². The van der Waals surface area contributed by atoms with Crippen molar-refractivity contribution in [2.24, 2.45) is 0 Å². The molecular formula is C19H15ClFNO4. The quantitative estimate of drug-likeness (QED) is 0.681. The second-order valence-electron chi connectivity index (χ2n) is 5.31. The van der Waals surface area contributed by atoms with Gasteiger partial charge < -0.3 is 19.2 Å². The summed E-state index contributed by atoms with van der Waals surface area (Å²) in [5, 5.41) is 2.69. The first-order chi connectivity index (χ1) is 12.5. The minimum Gasteiger partial charge on any atom is -0.497 e. The lowest BCUT2D eigenvalue weighted by molar-refractivity contribution is 0.0997. The molecule has 5 nitrogen and oxygen atoms in total. The Balaban J connectivity index is 1.83. The van der Waals surface area contributed by atoms with Gasteiger partial charge in [-0.1, -0.05) is 11.6 Å². The highest BCUT2D eigenvalue weighted by Gasteiger charge is 2.16. The van der Waals surface area contributed by atoms with Gasteiger partial charge in [0.05, 0.1) is 24.9 Å². The van der Waals surface area contributed by atoms with Crippen molar-refractivity contribution < 1.29 is 23.1 Å². The first-order valence-electron chi connectivity index (χ1n) is 7.60. The molecule has 0 spiro atoms. The van der Waals surface area contributed by atoms with Crippen molar-refractivity contribution in [3.05, 3.63) is 65.1 Å². The number of anilines is 1. The molecule has 0 aliphatic rings. The smallest absolute Gasteiger partial charge is 0.291 e. The fraction of sp³-hybridized carbons (Fsp3) is 0.105. The second kappa shape index (κ2) is 7.49. The molecule has 134 valence electrons. The fourth-order valence-electron chi connectivity index (χ4n) is 2.36. The Morgan fingerprint density at radius 3 is 2.58 bits per heavy atom. The number of carbonyl (C=O) groups is 1. The van der Waals surface area contributed by atoms with E-state index in [0.717, 1.165) is 0 Å². The Labute approximate surface area is 154 Å². The summed E-state index contributed by atoms with van der Waals surface area (Å²) in [7, 11) is 3.03. The zero-order chi connectivity index (χ0) is 18.7. The topological polar surface area (TPSA) is 60.7 Å². The molecule has 0 atom stereocenters. The largest absolute Gasteiger partial charge is 0.497 e. The number of methoxy groups -OCH3 is 2. The minimum atomic E-state index is -0.523. The van der Waals surface area contributed by atoms with Gasteiger partial charge in [0.2, 0.25) is 0 Å². The van der Waals surface area contributed by atoms with Crippen LogP contribution < -0.4 is 14.8 Å². The maximum Gasteiger partial charge on any atom is 0.291 e. The summed E-state index contributed by atoms with van der Waals surface area (Å²) in [6, 6.07) is 12.4. The van der Waals surface area contributed by atoms with Crippen molar-refractivity contribution in [1.29, 1.82) is 0 Å². The van der Waals surface area contributed by atoms with E-state index in [1.807, 2.05) is 0 Å². The van der Waals surface area contributed by atoms with E-state index in [2.05, 4.69) is 5.32 Å². The molecule has 26 heavy (non-hydrogen) atoms. The van der Waals surface area contributed by atoms with E-state index in [0.29, 0.717) is 28.5 Å². The molecule has 1 aromatic heterocycles. The van der Waals surface area contributed by atoms with Gasteiger partial charge in [-0.3, -0.25) is 4.79 Å². The number of amides is 1. The highest BCUT2D eigenvalue weighted by molar-refractivity contribution is 6.31. The van der Waals surface area contributed by atoms with Gasteiger partial charge in [0.25, 0.3) is 5.91 Å². The van der Waals surface area contributed by atoms with Gasteiger partial charge in [-0.05, 0) is 42.5 Å². The van der Waals surface area contributed by atoms with Crippen LogP contribution in [0, 0.1) is 5.82 Å². The van der Waals surface area contributed by atoms with Crippen molar-refractivity contribution in [3.8, 4) is 22.8 Å². The van der Waals surface area contributed by atoms with Crippen LogP contribution in [0.5, 0.6) is 11.5 Å². The number of nitrogens with one attached hydrogen (secondary N) is 1. The van der Waals surface area contributed by atoms with Crippen molar-refractivity contribution in [3.63, 3.8) is 0 Å². The van der Waals surface area contributed by atoms with E-state index in [1.165, 1.54) is 38.5 Å². The average molecular weight is 376 g/mol. The fourth-order valence-corrected chi connectivity index (χ4v) is 2.54. The predicted octanol–water partition coefficient (Wildman–Crippen LogP) is 5.01. The number of hydrogen-bond donors (Lipinski definition) is 1. The van der Waals surface area contributed by atoms with Crippen molar-refractivity contribution in [2.75, 3.05) is 19.5 Å². The molecule has 1 N–H and O–H groups in total. The molecule has 0 unspecified atom stereocenters. The summed E-state index contributed by atoms with van der Waals surface area (Å²) in [6.07, 6.45) is 0. The number of ether oxygens (including phenoxy) is 2. The first kappa shape index (κ1) is 17.8. The number of rotatable bonds is 5. The van der Waals surface area contributed by atoms with Gasteiger partial charge in [-0.25, -0.2) is 4.39 Å². The zero-order valence-corrected chi connectivity index (χ0v) is 14.8. The second-order valence-corrected chi connectivity index (χ2v) is 5.72. The summed E-state index contributed by atoms with van der Waals surface area (Å²) in [4.78, 5) is 12.5. The molecule has 0 aliphatic heterocycles. The van der Waals surface area contributed by atoms with Crippen LogP contribution in [0.4, 0.5) is 10.1 Å². The van der Waals surface area contributed by atoms with Gasteiger partial charge in [-0.2, -0.15) is 0 Å². The zero-order valence-electron chi connectivity index (χ0n) is 14.0. The Kier molecular flexibility index (Phi) is 5.14. The normalized spacial score (nSPS) is 10.5. The molecule has 0 fully saturated rings. The van der Waals surface area contributed by atoms with Gasteiger partial charge in [0.15, 0.2) is 5.76 Å². The lowest BCUT2D eigenvalue weighted by atomic mass is 10.2. The molecule has 0 aliphatic carbocycles. The summed E-state index contributed by atoms with van der Waals surface area (Å²) >= 11 is 5.78. The minimum absolute atomic E-state index is 0.0222. The summed E-state index contributed by atoms with van der Waals surface area (Å²) in [5.74, 6) is 0.555. The lowest BCUT2D eigenvalue weighted by Gasteiger charge is -2.10. The van der Waals surface area contributed by atoms with E-state index < -0.39 is 11.7 Å². The molecule has 2 aromatic carbocycles. The molecule has 0 saturated heterocycles. The number of furan rings is 1. The third kappa shape index (κ3) is 3.65. The van der Waals surface area contributed by atoms with Crippen LogP contribution >= 0.6 is 11.6 Å². The Morgan fingerprint density at radius 1 is 1.08 bits per heavy atom. The monoisotopic (exact) mass is 375 g/mol. The SMILES string of the molecule is COc1ccc(OC)c(NC(=O)c2ccc(-c3ccc(F)c(Cl)c3)o2)c1. The van der Waals surface area contributed by atoms with E-state index >= 15 is 0 Å². The molecule has 1 heterocycles. The molecule has 0 saturated carbocycles. The Hall–Kier alpha value is -2.99. The highest BCUT2D eigenvalue weighted by atomic mass is 35.5. The van der Waals surface area contributed by atoms with Crippen LogP contribution in [-0.4, -0.2) is 20.1 Å². The molecule has 0 radical (unpaired) electrons. The van der Waals surface area contributed by atoms with Crippen LogP contribution in [0.15, 0.2) is 52.9 Å². The maximum atomic E-state index is 13.3. The lowest BCUT2D eigenvalue weighted by Crippen LogP contribution is -2.11. The van der Waals surface area contributed by atoms with Gasteiger partial charge in [-0.15, -0.1) is 0 Å². The molecular weight excluding hydrogens is 361 g/mol. The number of halogens is 2. The van der Waals surface area contributed by atoms with Gasteiger partial charge in [0.1, 0.15) is 23.1 Å². The molecule has 0 bridgehead atoms. The van der Waals surface area contributed by atoms with Gasteiger partial charge >= 0.3 is 0 Å². The van der Waals surface area contributed by atoms with E-state index in [1.54, 1.807) is 24.3 Å². The average Bonchev–Trinajstić information content (AvgIpc) is 3.14. The summed E-state index contributed by atoms with van der Waals surface area (Å²) in [5.41, 5.74) is 1.01. The number of benzene rings is 2. The van der Waals surface area contributed by atoms with E-state index in [-0.39, 0.29) is 10.8 Å². The van der Waals surface area contributed by atoms with Crippen molar-refractivity contribution in [2.45, 2.75) is 0 Å². The summed E-state index contributed by atoms with van der Waals surface area (Å²) < 4.78 is 29.2. The molecule has 3 aromatic rings. The number of hydrogen-bond acceptors (Lipinski definition) is 4. The molecule has 3 rings (SSSR count). The van der Waals surface area contributed by atoms with Crippen LogP contribution in [0.1, 0.15) is 10.6 Å². The predicted molar refractivity (Wildman–Crippen MR) is 96.6 cm³/mol. The van der Waals surface area contributed by atoms with Crippen LogP contribution in [0.2, 0.25) is 5.02 Å². The van der Waals surface area contributed by atoms with Crippen molar-refractivity contribution in [1.82, 2.24) is 0 Å². The third-order valence-electron chi connectivity index (χ3n) is 3.69. The highest BCUT2D eigenvalue weighted by Crippen LogP contribution is 2.30.